The number of nitrogens with one attached hydrogen (secondary N) is 2. The van der Waals surface area contributed by atoms with Crippen molar-refractivity contribution in [3.63, 3.8) is 0 Å². The van der Waals surface area contributed by atoms with E-state index >= 15 is 0 Å². The first kappa shape index (κ1) is 31.0. The molecule has 8 nitrogen and oxygen atoms in total. The number of nitrogens with two attached hydrogens (primary N) is 2. The Morgan fingerprint density at radius 1 is 1.05 bits per heavy atom. The largest absolute Gasteiger partial charge is 0.506 e. The fourth-order valence-electron chi connectivity index (χ4n) is 3.20. The third kappa shape index (κ3) is 8.64. The van der Waals surface area contributed by atoms with Gasteiger partial charge in [-0.3, -0.25) is 9.59 Å². The highest BCUT2D eigenvalue weighted by Gasteiger charge is 2.25. The highest BCUT2D eigenvalue weighted by molar-refractivity contribution is 14.1. The second kappa shape index (κ2) is 13.5. The van der Waals surface area contributed by atoms with Crippen molar-refractivity contribution in [3.8, 4) is 5.75 Å². The molecule has 2 amide bonds. The second-order valence-corrected chi connectivity index (χ2v) is 11.0. The highest BCUT2D eigenvalue weighted by atomic mass is 127. The van der Waals surface area contributed by atoms with Crippen molar-refractivity contribution in [1.82, 2.24) is 5.32 Å². The predicted octanol–water partition coefficient (Wildman–Crippen LogP) is 5.87. The summed E-state index contributed by atoms with van der Waals surface area (Å²) < 4.78 is -0.463. The molecule has 0 saturated heterocycles. The van der Waals surface area contributed by atoms with Crippen LogP contribution in [0.5, 0.6) is 5.75 Å². The monoisotopic (exact) mass is 640 g/mol. The van der Waals surface area contributed by atoms with Gasteiger partial charge in [-0.05, 0) is 74.9 Å². The van der Waals surface area contributed by atoms with Gasteiger partial charge < -0.3 is 32.3 Å². The van der Waals surface area contributed by atoms with Crippen molar-refractivity contribution in [2.75, 3.05) is 11.1 Å². The molecule has 0 bridgehead atoms. The lowest BCUT2D eigenvalue weighted by Crippen LogP contribution is -2.24. The summed E-state index contributed by atoms with van der Waals surface area (Å²) in [6.45, 7) is 13.0. The van der Waals surface area contributed by atoms with Crippen molar-refractivity contribution in [2.45, 2.75) is 24.2 Å². The predicted molar refractivity (Wildman–Crippen MR) is 166 cm³/mol. The van der Waals surface area contributed by atoms with E-state index in [4.69, 9.17) is 11.5 Å². The molecule has 8 N–H and O–H groups in total. The van der Waals surface area contributed by atoms with Gasteiger partial charge in [0.15, 0.2) is 0 Å². The third-order valence-electron chi connectivity index (χ3n) is 5.77. The van der Waals surface area contributed by atoms with Crippen LogP contribution in [-0.4, -0.2) is 22.0 Å². The second-order valence-electron chi connectivity index (χ2n) is 8.88. The topological polar surface area (TPSA) is 151 Å². The summed E-state index contributed by atoms with van der Waals surface area (Å²) in [4.78, 5) is 25.3. The van der Waals surface area contributed by atoms with Gasteiger partial charge in [0.2, 0.25) is 0 Å². The van der Waals surface area contributed by atoms with E-state index in [0.717, 1.165) is 11.1 Å². The van der Waals surface area contributed by atoms with Gasteiger partial charge in [0, 0.05) is 22.5 Å². The fraction of sp³-hybridized carbons (Fsp3) is 0.133. The van der Waals surface area contributed by atoms with Crippen molar-refractivity contribution < 1.29 is 19.8 Å². The fourth-order valence-corrected chi connectivity index (χ4v) is 3.74. The first-order valence-corrected chi connectivity index (χ1v) is 12.9. The first-order valence-electron chi connectivity index (χ1n) is 11.8. The van der Waals surface area contributed by atoms with E-state index in [9.17, 15) is 19.8 Å². The molecule has 0 aliphatic rings. The van der Waals surface area contributed by atoms with Crippen LogP contribution in [0, 0.1) is 0 Å². The molecule has 0 aromatic heterocycles. The molecular formula is C30H33IN4O4. The third-order valence-corrected chi connectivity index (χ3v) is 7.24. The number of anilines is 2. The van der Waals surface area contributed by atoms with E-state index in [1.54, 1.807) is 31.2 Å². The molecule has 39 heavy (non-hydrogen) atoms. The van der Waals surface area contributed by atoms with E-state index in [1.807, 2.05) is 32.1 Å². The molecule has 9 heteroatoms. The maximum atomic E-state index is 12.7. The number of phenols is 1. The van der Waals surface area contributed by atoms with Crippen LogP contribution in [-0.2, 0) is 8.22 Å². The van der Waals surface area contributed by atoms with E-state index in [1.165, 1.54) is 30.4 Å². The SMILES string of the molecule is C=C/C(=C\C=C(/C)C(C)(I)c1ccc(C(=O)Nc2cc(N)ccc2O)cc1)C(=O)NC(=C)/C(O)=C\C=C(/C)N. The normalized spacial score (nSPS) is 14.3. The number of alkyl halides is 1. The summed E-state index contributed by atoms with van der Waals surface area (Å²) in [5.74, 6) is -1.16. The number of aromatic hydroxyl groups is 1. The van der Waals surface area contributed by atoms with Gasteiger partial charge in [0.25, 0.3) is 11.8 Å². The molecule has 1 atom stereocenters. The Morgan fingerprint density at radius 3 is 2.28 bits per heavy atom. The zero-order valence-electron chi connectivity index (χ0n) is 22.1. The maximum absolute atomic E-state index is 12.7. The van der Waals surface area contributed by atoms with Crippen LogP contribution in [0.1, 0.15) is 36.7 Å². The number of aliphatic hydroxyl groups is 1. The van der Waals surface area contributed by atoms with E-state index < -0.39 is 9.33 Å². The summed E-state index contributed by atoms with van der Waals surface area (Å²) in [6, 6.07) is 11.5. The number of allylic oxidation sites excluding steroid dienone is 6. The van der Waals surface area contributed by atoms with Crippen molar-refractivity contribution in [2.24, 2.45) is 5.73 Å². The lowest BCUT2D eigenvalue weighted by Gasteiger charge is -2.24. The summed E-state index contributed by atoms with van der Waals surface area (Å²) in [7, 11) is 0. The Balaban J connectivity index is 2.17. The Kier molecular flexibility index (Phi) is 10.7. The van der Waals surface area contributed by atoms with Gasteiger partial charge in [0.1, 0.15) is 11.5 Å². The Morgan fingerprint density at radius 2 is 1.69 bits per heavy atom. The lowest BCUT2D eigenvalue weighted by atomic mass is 9.92. The van der Waals surface area contributed by atoms with Crippen LogP contribution in [0.15, 0.2) is 114 Å². The molecule has 0 radical (unpaired) electrons. The van der Waals surface area contributed by atoms with Gasteiger partial charge in [-0.2, -0.15) is 0 Å². The van der Waals surface area contributed by atoms with Gasteiger partial charge in [-0.15, -0.1) is 0 Å². The number of benzene rings is 2. The molecule has 0 aliphatic heterocycles. The summed E-state index contributed by atoms with van der Waals surface area (Å²) in [5.41, 5.74) is 15.0. The van der Waals surface area contributed by atoms with E-state index in [2.05, 4.69) is 46.4 Å². The van der Waals surface area contributed by atoms with Gasteiger partial charge in [-0.25, -0.2) is 0 Å². The molecule has 0 fully saturated rings. The van der Waals surface area contributed by atoms with Gasteiger partial charge >= 0.3 is 0 Å². The van der Waals surface area contributed by atoms with Crippen LogP contribution in [0.3, 0.4) is 0 Å². The molecule has 0 aliphatic carbocycles. The molecule has 2 aromatic rings. The number of rotatable bonds is 10. The summed E-state index contributed by atoms with van der Waals surface area (Å²) in [6.07, 6.45) is 7.69. The number of hydrogen-bond acceptors (Lipinski definition) is 6. The lowest BCUT2D eigenvalue weighted by molar-refractivity contribution is -0.116. The number of nitrogen functional groups attached to an aromatic ring is 1. The van der Waals surface area contributed by atoms with Crippen LogP contribution < -0.4 is 22.1 Å². The van der Waals surface area contributed by atoms with Crippen LogP contribution in [0.25, 0.3) is 0 Å². The van der Waals surface area contributed by atoms with E-state index in [0.29, 0.717) is 16.9 Å². The number of aliphatic hydroxyl groups excluding tert-OH is 1. The molecule has 1 unspecified atom stereocenters. The Bertz CT molecular complexity index is 1400. The van der Waals surface area contributed by atoms with Crippen molar-refractivity contribution in [1.29, 1.82) is 0 Å². The highest BCUT2D eigenvalue weighted by Crippen LogP contribution is 2.39. The maximum Gasteiger partial charge on any atom is 0.255 e. The number of hydrogen-bond donors (Lipinski definition) is 6. The number of phenolic OH excluding ortho intramolecular Hbond substituents is 1. The Labute approximate surface area is 242 Å². The molecule has 2 aromatic carbocycles. The number of amides is 2. The zero-order chi connectivity index (χ0) is 29.3. The smallest absolute Gasteiger partial charge is 0.255 e. The quantitative estimate of drug-likeness (QED) is 0.0280. The average Bonchev–Trinajstić information content (AvgIpc) is 2.89. The molecular weight excluding hydrogens is 607 g/mol. The standard InChI is InChI=1S/C30H33IN4O4/c1-6-21(28(38)34-20(4)26(36)15-8-19(3)32)9-7-18(2)30(5,31)23-12-10-22(11-13-23)29(39)35-25-17-24(33)14-16-27(25)37/h6-17,36-37H,1,4,32-33H2,2-3,5H3,(H,34,38)(H,35,39)/b18-7+,19-8+,21-9+,26-15+. The minimum Gasteiger partial charge on any atom is -0.506 e. The molecule has 204 valence electrons. The van der Waals surface area contributed by atoms with Crippen LogP contribution in [0.4, 0.5) is 11.4 Å². The summed E-state index contributed by atoms with van der Waals surface area (Å²) in [5, 5.41) is 25.2. The molecule has 2 rings (SSSR count). The minimum absolute atomic E-state index is 0.0275. The van der Waals surface area contributed by atoms with Crippen molar-refractivity contribution >= 4 is 45.8 Å². The average molecular weight is 641 g/mol. The van der Waals surface area contributed by atoms with Gasteiger partial charge in [-0.1, -0.05) is 65.6 Å². The summed E-state index contributed by atoms with van der Waals surface area (Å²) >= 11 is 2.30. The first-order chi connectivity index (χ1) is 18.3. The molecule has 0 spiro atoms. The minimum atomic E-state index is -0.482. The number of carbonyl (C=O) groups excluding carboxylic acids is 2. The van der Waals surface area contributed by atoms with Gasteiger partial charge in [0.05, 0.1) is 14.8 Å². The zero-order valence-corrected chi connectivity index (χ0v) is 24.2. The van der Waals surface area contributed by atoms with Crippen LogP contribution >= 0.6 is 22.6 Å². The molecule has 0 saturated carbocycles. The number of carbonyl (C=O) groups is 2. The van der Waals surface area contributed by atoms with Crippen LogP contribution in [0.2, 0.25) is 0 Å². The number of halogens is 1. The Hall–Kier alpha value is -4.25. The molecule has 0 heterocycles. The van der Waals surface area contributed by atoms with E-state index in [-0.39, 0.29) is 34.4 Å². The van der Waals surface area contributed by atoms with Crippen molar-refractivity contribution in [3.05, 3.63) is 125 Å².